The van der Waals surface area contributed by atoms with Crippen molar-refractivity contribution in [3.05, 3.63) is 65.7 Å². The fourth-order valence-electron chi connectivity index (χ4n) is 2.50. The molecule has 110 valence electrons. The van der Waals surface area contributed by atoms with Gasteiger partial charge in [0, 0.05) is 13.1 Å². The Morgan fingerprint density at radius 1 is 1.10 bits per heavy atom. The Balaban J connectivity index is 1.59. The molecule has 1 aliphatic heterocycles. The molecule has 0 aromatic heterocycles. The fourth-order valence-corrected chi connectivity index (χ4v) is 2.50. The largest absolute Gasteiger partial charge is 0.489 e. The maximum Gasteiger partial charge on any atom is 0.119 e. The topological polar surface area (TPSA) is 21.7 Å². The summed E-state index contributed by atoms with van der Waals surface area (Å²) in [5.41, 5.74) is 2.40. The van der Waals surface area contributed by atoms with E-state index in [1.807, 2.05) is 30.3 Å². The lowest BCUT2D eigenvalue weighted by Gasteiger charge is -2.30. The number of hydrogen-bond donors (Lipinski definition) is 0. The minimum absolute atomic E-state index is 0.173. The highest BCUT2D eigenvalue weighted by Crippen LogP contribution is 2.24. The molecule has 1 aliphatic rings. The zero-order valence-corrected chi connectivity index (χ0v) is 12.4. The first-order chi connectivity index (χ1) is 10.3. The molecule has 1 fully saturated rings. The summed E-state index contributed by atoms with van der Waals surface area (Å²) < 4.78 is 11.6. The molecule has 0 spiro atoms. The minimum atomic E-state index is 0.173. The molecule has 3 nitrogen and oxygen atoms in total. The van der Waals surface area contributed by atoms with Gasteiger partial charge in [0.25, 0.3) is 0 Å². The van der Waals surface area contributed by atoms with Crippen LogP contribution in [0.2, 0.25) is 0 Å². The van der Waals surface area contributed by atoms with Gasteiger partial charge in [-0.1, -0.05) is 42.5 Å². The van der Waals surface area contributed by atoms with Crippen molar-refractivity contribution in [2.24, 2.45) is 0 Å². The molecule has 0 radical (unpaired) electrons. The van der Waals surface area contributed by atoms with Gasteiger partial charge >= 0.3 is 0 Å². The second-order valence-electron chi connectivity index (χ2n) is 5.46. The summed E-state index contributed by atoms with van der Waals surface area (Å²) in [5, 5.41) is 0. The first-order valence-electron chi connectivity index (χ1n) is 7.38. The van der Waals surface area contributed by atoms with E-state index in [1.165, 1.54) is 11.1 Å². The standard InChI is InChI=1S/C18H21NO2/c1-19-11-12-20-18(13-19)16-7-9-17(10-8-16)21-14-15-5-3-2-4-6-15/h2-10,18H,11-14H2,1H3. The van der Waals surface area contributed by atoms with Crippen LogP contribution in [0.15, 0.2) is 54.6 Å². The second-order valence-corrected chi connectivity index (χ2v) is 5.46. The van der Waals surface area contributed by atoms with Crippen LogP contribution in [-0.2, 0) is 11.3 Å². The summed E-state index contributed by atoms with van der Waals surface area (Å²) in [4.78, 5) is 2.30. The highest BCUT2D eigenvalue weighted by Gasteiger charge is 2.19. The lowest BCUT2D eigenvalue weighted by atomic mass is 10.1. The Kier molecular flexibility index (Phi) is 4.53. The zero-order valence-electron chi connectivity index (χ0n) is 12.4. The van der Waals surface area contributed by atoms with Gasteiger partial charge < -0.3 is 14.4 Å². The van der Waals surface area contributed by atoms with Gasteiger partial charge in [0.2, 0.25) is 0 Å². The average molecular weight is 283 g/mol. The van der Waals surface area contributed by atoms with Gasteiger partial charge in [-0.25, -0.2) is 0 Å². The number of ether oxygens (including phenoxy) is 2. The Bertz CT molecular complexity index is 553. The molecule has 1 heterocycles. The maximum absolute atomic E-state index is 5.82. The minimum Gasteiger partial charge on any atom is -0.489 e. The van der Waals surface area contributed by atoms with Crippen molar-refractivity contribution in [2.45, 2.75) is 12.7 Å². The average Bonchev–Trinajstić information content (AvgIpc) is 2.54. The van der Waals surface area contributed by atoms with Crippen molar-refractivity contribution in [3.8, 4) is 5.75 Å². The number of rotatable bonds is 4. The van der Waals surface area contributed by atoms with Crippen molar-refractivity contribution in [1.29, 1.82) is 0 Å². The molecule has 0 aliphatic carbocycles. The molecular weight excluding hydrogens is 262 g/mol. The van der Waals surface area contributed by atoms with Crippen LogP contribution in [-0.4, -0.2) is 31.6 Å². The number of benzene rings is 2. The third-order valence-corrected chi connectivity index (χ3v) is 3.77. The van der Waals surface area contributed by atoms with E-state index in [4.69, 9.17) is 9.47 Å². The van der Waals surface area contributed by atoms with Crippen LogP contribution in [0.4, 0.5) is 0 Å². The highest BCUT2D eigenvalue weighted by molar-refractivity contribution is 5.29. The molecule has 3 rings (SSSR count). The number of nitrogens with zero attached hydrogens (tertiary/aromatic N) is 1. The quantitative estimate of drug-likeness (QED) is 0.859. The molecule has 1 atom stereocenters. The van der Waals surface area contributed by atoms with Crippen LogP contribution in [0.5, 0.6) is 5.75 Å². The summed E-state index contributed by atoms with van der Waals surface area (Å²) in [7, 11) is 2.13. The van der Waals surface area contributed by atoms with E-state index in [1.54, 1.807) is 0 Å². The van der Waals surface area contributed by atoms with Crippen molar-refractivity contribution in [2.75, 3.05) is 26.7 Å². The second kappa shape index (κ2) is 6.74. The molecule has 0 saturated carbocycles. The molecular formula is C18H21NO2. The van der Waals surface area contributed by atoms with Crippen LogP contribution >= 0.6 is 0 Å². The summed E-state index contributed by atoms with van der Waals surface area (Å²) in [6, 6.07) is 18.5. The SMILES string of the molecule is CN1CCOC(c2ccc(OCc3ccccc3)cc2)C1. The fraction of sp³-hybridized carbons (Fsp3) is 0.333. The molecule has 1 saturated heterocycles. The summed E-state index contributed by atoms with van der Waals surface area (Å²) in [6.07, 6.45) is 0.173. The van der Waals surface area contributed by atoms with Crippen LogP contribution in [0.1, 0.15) is 17.2 Å². The van der Waals surface area contributed by atoms with Crippen molar-refractivity contribution in [1.82, 2.24) is 4.90 Å². The number of likely N-dealkylation sites (N-methyl/N-ethyl adjacent to an activating group) is 1. The van der Waals surface area contributed by atoms with Gasteiger partial charge in [-0.15, -0.1) is 0 Å². The number of morpholine rings is 1. The van der Waals surface area contributed by atoms with Gasteiger partial charge in [-0.2, -0.15) is 0 Å². The Labute approximate surface area is 126 Å². The van der Waals surface area contributed by atoms with Crippen molar-refractivity contribution < 1.29 is 9.47 Å². The van der Waals surface area contributed by atoms with Gasteiger partial charge in [-0.05, 0) is 30.3 Å². The van der Waals surface area contributed by atoms with E-state index in [9.17, 15) is 0 Å². The Hall–Kier alpha value is -1.84. The zero-order chi connectivity index (χ0) is 14.5. The highest BCUT2D eigenvalue weighted by atomic mass is 16.5. The lowest BCUT2D eigenvalue weighted by Crippen LogP contribution is -2.35. The molecule has 3 heteroatoms. The first kappa shape index (κ1) is 14.1. The summed E-state index contributed by atoms with van der Waals surface area (Å²) >= 11 is 0. The predicted octanol–water partition coefficient (Wildman–Crippen LogP) is 3.27. The van der Waals surface area contributed by atoms with Crippen molar-refractivity contribution in [3.63, 3.8) is 0 Å². The van der Waals surface area contributed by atoms with Gasteiger partial charge in [0.15, 0.2) is 0 Å². The summed E-state index contributed by atoms with van der Waals surface area (Å²) in [6.45, 7) is 3.36. The molecule has 2 aromatic carbocycles. The van der Waals surface area contributed by atoms with E-state index in [2.05, 4.69) is 36.2 Å². The van der Waals surface area contributed by atoms with Crippen LogP contribution in [0, 0.1) is 0 Å². The lowest BCUT2D eigenvalue weighted by molar-refractivity contribution is -0.0209. The predicted molar refractivity (Wildman–Crippen MR) is 83.4 cm³/mol. The van der Waals surface area contributed by atoms with E-state index in [0.29, 0.717) is 6.61 Å². The van der Waals surface area contributed by atoms with E-state index >= 15 is 0 Å². The van der Waals surface area contributed by atoms with Crippen LogP contribution in [0.25, 0.3) is 0 Å². The molecule has 0 N–H and O–H groups in total. The van der Waals surface area contributed by atoms with E-state index in [0.717, 1.165) is 25.4 Å². The normalized spacial score (nSPS) is 19.4. The van der Waals surface area contributed by atoms with Gasteiger partial charge in [0.1, 0.15) is 12.4 Å². The third kappa shape index (κ3) is 3.84. The van der Waals surface area contributed by atoms with Crippen molar-refractivity contribution >= 4 is 0 Å². The molecule has 21 heavy (non-hydrogen) atoms. The Morgan fingerprint density at radius 2 is 1.86 bits per heavy atom. The van der Waals surface area contributed by atoms with Crippen LogP contribution < -0.4 is 4.74 Å². The third-order valence-electron chi connectivity index (χ3n) is 3.77. The van der Waals surface area contributed by atoms with E-state index < -0.39 is 0 Å². The number of hydrogen-bond acceptors (Lipinski definition) is 3. The monoisotopic (exact) mass is 283 g/mol. The molecule has 2 aromatic rings. The summed E-state index contributed by atoms with van der Waals surface area (Å²) in [5.74, 6) is 0.895. The smallest absolute Gasteiger partial charge is 0.119 e. The van der Waals surface area contributed by atoms with E-state index in [-0.39, 0.29) is 6.10 Å². The van der Waals surface area contributed by atoms with Crippen LogP contribution in [0.3, 0.4) is 0 Å². The van der Waals surface area contributed by atoms with Gasteiger partial charge in [0.05, 0.1) is 12.7 Å². The van der Waals surface area contributed by atoms with Gasteiger partial charge in [-0.3, -0.25) is 0 Å². The molecule has 0 bridgehead atoms. The molecule has 1 unspecified atom stereocenters. The molecule has 0 amide bonds. The maximum atomic E-state index is 5.82. The Morgan fingerprint density at radius 3 is 2.57 bits per heavy atom. The first-order valence-corrected chi connectivity index (χ1v) is 7.38.